The SMILES string of the molecule is CCN(CC)c1ccc(C(=O)O)cc1NS(=O)(=O)c1cccs1. The van der Waals surface area contributed by atoms with Crippen LogP contribution in [0, 0.1) is 0 Å². The maximum atomic E-state index is 12.4. The molecule has 0 aliphatic heterocycles. The fraction of sp³-hybridized carbons (Fsp3) is 0.267. The summed E-state index contributed by atoms with van der Waals surface area (Å²) in [6.07, 6.45) is 0. The molecule has 0 atom stereocenters. The normalized spacial score (nSPS) is 11.2. The molecular formula is C15H18N2O4S2. The van der Waals surface area contributed by atoms with Gasteiger partial charge in [0.1, 0.15) is 4.21 Å². The molecule has 1 aromatic carbocycles. The van der Waals surface area contributed by atoms with E-state index in [4.69, 9.17) is 5.11 Å². The van der Waals surface area contributed by atoms with E-state index >= 15 is 0 Å². The molecule has 0 saturated carbocycles. The monoisotopic (exact) mass is 354 g/mol. The van der Waals surface area contributed by atoms with Crippen molar-refractivity contribution in [3.05, 3.63) is 41.3 Å². The quantitative estimate of drug-likeness (QED) is 0.798. The van der Waals surface area contributed by atoms with Crippen LogP contribution in [0.5, 0.6) is 0 Å². The van der Waals surface area contributed by atoms with Crippen LogP contribution in [0.15, 0.2) is 39.9 Å². The molecule has 0 saturated heterocycles. The number of anilines is 2. The average Bonchev–Trinajstić information content (AvgIpc) is 3.04. The van der Waals surface area contributed by atoms with Crippen molar-refractivity contribution in [2.45, 2.75) is 18.1 Å². The van der Waals surface area contributed by atoms with Gasteiger partial charge in [-0.25, -0.2) is 13.2 Å². The summed E-state index contributed by atoms with van der Waals surface area (Å²) < 4.78 is 27.6. The van der Waals surface area contributed by atoms with Crippen LogP contribution in [0.3, 0.4) is 0 Å². The lowest BCUT2D eigenvalue weighted by Gasteiger charge is -2.24. The number of hydrogen-bond acceptors (Lipinski definition) is 5. The Morgan fingerprint density at radius 3 is 2.48 bits per heavy atom. The molecule has 0 unspecified atom stereocenters. The summed E-state index contributed by atoms with van der Waals surface area (Å²) in [4.78, 5) is 13.1. The maximum absolute atomic E-state index is 12.4. The Hall–Kier alpha value is -2.06. The third kappa shape index (κ3) is 3.83. The Morgan fingerprint density at radius 2 is 1.96 bits per heavy atom. The molecule has 0 spiro atoms. The Labute approximate surface area is 139 Å². The first-order valence-electron chi connectivity index (χ1n) is 7.07. The largest absolute Gasteiger partial charge is 0.478 e. The second kappa shape index (κ2) is 7.01. The van der Waals surface area contributed by atoms with Crippen LogP contribution < -0.4 is 9.62 Å². The lowest BCUT2D eigenvalue weighted by Crippen LogP contribution is -2.24. The third-order valence-corrected chi connectivity index (χ3v) is 6.11. The number of hydrogen-bond donors (Lipinski definition) is 2. The number of nitrogens with one attached hydrogen (secondary N) is 1. The smallest absolute Gasteiger partial charge is 0.335 e. The number of carboxylic acids is 1. The Balaban J connectivity index is 2.49. The molecule has 0 aliphatic rings. The van der Waals surface area contributed by atoms with Crippen molar-refractivity contribution in [3.8, 4) is 0 Å². The highest BCUT2D eigenvalue weighted by molar-refractivity contribution is 7.94. The molecule has 0 aliphatic carbocycles. The van der Waals surface area contributed by atoms with Gasteiger partial charge in [0.05, 0.1) is 16.9 Å². The molecule has 0 amide bonds. The van der Waals surface area contributed by atoms with E-state index in [-0.39, 0.29) is 15.5 Å². The highest BCUT2D eigenvalue weighted by Gasteiger charge is 2.20. The zero-order chi connectivity index (χ0) is 17.0. The average molecular weight is 354 g/mol. The van der Waals surface area contributed by atoms with Gasteiger partial charge in [-0.1, -0.05) is 6.07 Å². The number of carboxylic acid groups (broad SMARTS) is 1. The number of thiophene rings is 1. The minimum Gasteiger partial charge on any atom is -0.478 e. The van der Waals surface area contributed by atoms with Crippen molar-refractivity contribution < 1.29 is 18.3 Å². The van der Waals surface area contributed by atoms with Gasteiger partial charge >= 0.3 is 5.97 Å². The summed E-state index contributed by atoms with van der Waals surface area (Å²) in [7, 11) is -3.74. The van der Waals surface area contributed by atoms with E-state index < -0.39 is 16.0 Å². The summed E-state index contributed by atoms with van der Waals surface area (Å²) >= 11 is 1.10. The molecule has 0 bridgehead atoms. The van der Waals surface area contributed by atoms with E-state index in [0.29, 0.717) is 18.8 Å². The standard InChI is InChI=1S/C15H18N2O4S2/c1-3-17(4-2)13-8-7-11(15(18)19)10-12(13)16-23(20,21)14-6-5-9-22-14/h5-10,16H,3-4H2,1-2H3,(H,18,19). The van der Waals surface area contributed by atoms with Crippen molar-refractivity contribution in [1.29, 1.82) is 0 Å². The molecule has 6 nitrogen and oxygen atoms in total. The fourth-order valence-electron chi connectivity index (χ4n) is 2.20. The predicted molar refractivity (Wildman–Crippen MR) is 92.1 cm³/mol. The number of aromatic carboxylic acids is 1. The van der Waals surface area contributed by atoms with Gasteiger partial charge in [-0.15, -0.1) is 11.3 Å². The Morgan fingerprint density at radius 1 is 1.26 bits per heavy atom. The van der Waals surface area contributed by atoms with E-state index in [9.17, 15) is 13.2 Å². The number of sulfonamides is 1. The predicted octanol–water partition coefficient (Wildman–Crippen LogP) is 3.09. The molecule has 1 heterocycles. The first kappa shape index (κ1) is 17.3. The minimum absolute atomic E-state index is 0.0322. The number of carbonyl (C=O) groups is 1. The second-order valence-corrected chi connectivity index (χ2v) is 7.60. The van der Waals surface area contributed by atoms with Crippen LogP contribution >= 0.6 is 11.3 Å². The maximum Gasteiger partial charge on any atom is 0.335 e. The van der Waals surface area contributed by atoms with E-state index in [1.54, 1.807) is 17.5 Å². The molecule has 124 valence electrons. The van der Waals surface area contributed by atoms with Crippen LogP contribution in [0.2, 0.25) is 0 Å². The van der Waals surface area contributed by atoms with Crippen molar-refractivity contribution in [2.24, 2.45) is 0 Å². The van der Waals surface area contributed by atoms with Gasteiger partial charge in [-0.2, -0.15) is 0 Å². The molecule has 2 rings (SSSR count). The number of rotatable bonds is 7. The van der Waals surface area contributed by atoms with Crippen molar-refractivity contribution in [3.63, 3.8) is 0 Å². The highest BCUT2D eigenvalue weighted by atomic mass is 32.2. The Bertz CT molecular complexity index is 782. The van der Waals surface area contributed by atoms with Crippen molar-refractivity contribution in [1.82, 2.24) is 0 Å². The lowest BCUT2D eigenvalue weighted by atomic mass is 10.1. The van der Waals surface area contributed by atoms with Crippen LogP contribution in [0.1, 0.15) is 24.2 Å². The molecule has 1 aromatic heterocycles. The van der Waals surface area contributed by atoms with Gasteiger partial charge in [0.25, 0.3) is 10.0 Å². The van der Waals surface area contributed by atoms with Crippen molar-refractivity contribution in [2.75, 3.05) is 22.7 Å². The zero-order valence-electron chi connectivity index (χ0n) is 12.8. The third-order valence-electron chi connectivity index (χ3n) is 3.35. The molecule has 23 heavy (non-hydrogen) atoms. The van der Waals surface area contributed by atoms with Crippen LogP contribution in [-0.2, 0) is 10.0 Å². The number of nitrogens with zero attached hydrogens (tertiary/aromatic N) is 1. The topological polar surface area (TPSA) is 86.7 Å². The van der Waals surface area contributed by atoms with Crippen LogP contribution in [-0.4, -0.2) is 32.6 Å². The molecule has 2 N–H and O–H groups in total. The van der Waals surface area contributed by atoms with E-state index in [2.05, 4.69) is 4.72 Å². The number of benzene rings is 1. The van der Waals surface area contributed by atoms with Crippen LogP contribution in [0.4, 0.5) is 11.4 Å². The Kier molecular flexibility index (Phi) is 5.27. The van der Waals surface area contributed by atoms with E-state index in [1.165, 1.54) is 18.2 Å². The van der Waals surface area contributed by atoms with Gasteiger partial charge in [0.15, 0.2) is 0 Å². The van der Waals surface area contributed by atoms with Gasteiger partial charge in [-0.3, -0.25) is 4.72 Å². The first-order chi connectivity index (χ1) is 10.9. The summed E-state index contributed by atoms with van der Waals surface area (Å²) in [5.74, 6) is -1.10. The minimum atomic E-state index is -3.74. The molecule has 8 heteroatoms. The zero-order valence-corrected chi connectivity index (χ0v) is 14.4. The second-order valence-electron chi connectivity index (χ2n) is 4.75. The lowest BCUT2D eigenvalue weighted by molar-refractivity contribution is 0.0697. The van der Waals surface area contributed by atoms with Gasteiger partial charge in [0, 0.05) is 13.1 Å². The molecular weight excluding hydrogens is 336 g/mol. The summed E-state index contributed by atoms with van der Waals surface area (Å²) in [6.45, 7) is 5.26. The fourth-order valence-corrected chi connectivity index (χ4v) is 4.26. The highest BCUT2D eigenvalue weighted by Crippen LogP contribution is 2.30. The van der Waals surface area contributed by atoms with E-state index in [1.807, 2.05) is 18.7 Å². The summed E-state index contributed by atoms with van der Waals surface area (Å²) in [6, 6.07) is 7.60. The summed E-state index contributed by atoms with van der Waals surface area (Å²) in [5, 5.41) is 10.8. The van der Waals surface area contributed by atoms with E-state index in [0.717, 1.165) is 11.3 Å². The first-order valence-corrected chi connectivity index (χ1v) is 9.44. The molecule has 0 fully saturated rings. The van der Waals surface area contributed by atoms with Crippen molar-refractivity contribution >= 4 is 38.7 Å². The van der Waals surface area contributed by atoms with Gasteiger partial charge in [-0.05, 0) is 43.5 Å². The van der Waals surface area contributed by atoms with Gasteiger partial charge in [0.2, 0.25) is 0 Å². The summed E-state index contributed by atoms with van der Waals surface area (Å²) in [5.41, 5.74) is 0.951. The van der Waals surface area contributed by atoms with Gasteiger partial charge < -0.3 is 10.0 Å². The molecule has 2 aromatic rings. The van der Waals surface area contributed by atoms with Crippen LogP contribution in [0.25, 0.3) is 0 Å². The molecule has 0 radical (unpaired) electrons.